The average Bonchev–Trinajstić information content (AvgIpc) is 2.99. The van der Waals surface area contributed by atoms with Crippen molar-refractivity contribution in [1.82, 2.24) is 15.1 Å². The number of hydrogen-bond acceptors (Lipinski definition) is 6. The SMILES string of the molecule is O=C(Cc1ccc(Cl)cc1)N1C[C@@H](O)[C@](O)(CNCCCN2CCOCC2)C1. The first-order valence-corrected chi connectivity index (χ1v) is 10.3. The number of amides is 1. The lowest BCUT2D eigenvalue weighted by Gasteiger charge is -2.28. The number of hydrogen-bond donors (Lipinski definition) is 3. The Hall–Kier alpha value is -1.22. The second-order valence-corrected chi connectivity index (χ2v) is 8.12. The van der Waals surface area contributed by atoms with Crippen molar-refractivity contribution in [2.24, 2.45) is 0 Å². The number of carbonyl (C=O) groups is 1. The van der Waals surface area contributed by atoms with E-state index < -0.39 is 11.7 Å². The molecule has 7 nitrogen and oxygen atoms in total. The van der Waals surface area contributed by atoms with Crippen molar-refractivity contribution < 1.29 is 19.7 Å². The van der Waals surface area contributed by atoms with Crippen molar-refractivity contribution in [2.75, 3.05) is 59.0 Å². The molecule has 2 atom stereocenters. The molecule has 3 N–H and O–H groups in total. The lowest BCUT2D eigenvalue weighted by Crippen LogP contribution is -2.50. The largest absolute Gasteiger partial charge is 0.388 e. The van der Waals surface area contributed by atoms with Crippen LogP contribution < -0.4 is 5.32 Å². The third-order valence-electron chi connectivity index (χ3n) is 5.46. The highest BCUT2D eigenvalue weighted by atomic mass is 35.5. The summed E-state index contributed by atoms with van der Waals surface area (Å²) in [5, 5.41) is 24.9. The Morgan fingerprint density at radius 2 is 2.00 bits per heavy atom. The molecule has 1 aromatic rings. The van der Waals surface area contributed by atoms with Crippen LogP contribution in [0.4, 0.5) is 0 Å². The van der Waals surface area contributed by atoms with Gasteiger partial charge in [-0.1, -0.05) is 23.7 Å². The molecule has 0 spiro atoms. The molecule has 0 saturated carbocycles. The molecule has 28 heavy (non-hydrogen) atoms. The maximum absolute atomic E-state index is 12.5. The molecule has 156 valence electrons. The summed E-state index contributed by atoms with van der Waals surface area (Å²) in [7, 11) is 0. The van der Waals surface area contributed by atoms with Gasteiger partial charge in [0.25, 0.3) is 0 Å². The summed E-state index contributed by atoms with van der Waals surface area (Å²) < 4.78 is 5.34. The molecule has 1 aromatic carbocycles. The minimum absolute atomic E-state index is 0.107. The second kappa shape index (κ2) is 10.0. The molecular formula is C20H30ClN3O4. The molecule has 2 fully saturated rings. The first-order valence-electron chi connectivity index (χ1n) is 9.90. The van der Waals surface area contributed by atoms with Gasteiger partial charge in [0.1, 0.15) is 11.7 Å². The van der Waals surface area contributed by atoms with E-state index in [9.17, 15) is 15.0 Å². The van der Waals surface area contributed by atoms with Gasteiger partial charge < -0.3 is 25.2 Å². The van der Waals surface area contributed by atoms with Crippen LogP contribution in [0.5, 0.6) is 0 Å². The maximum atomic E-state index is 12.5. The highest BCUT2D eigenvalue weighted by Gasteiger charge is 2.45. The Bertz CT molecular complexity index is 639. The zero-order valence-electron chi connectivity index (χ0n) is 16.1. The number of morpholine rings is 1. The van der Waals surface area contributed by atoms with Crippen LogP contribution in [0.1, 0.15) is 12.0 Å². The van der Waals surface area contributed by atoms with E-state index in [-0.39, 0.29) is 32.0 Å². The van der Waals surface area contributed by atoms with Gasteiger partial charge in [-0.3, -0.25) is 9.69 Å². The van der Waals surface area contributed by atoms with Gasteiger partial charge in [-0.2, -0.15) is 0 Å². The molecule has 8 heteroatoms. The van der Waals surface area contributed by atoms with E-state index in [1.54, 1.807) is 12.1 Å². The number of ether oxygens (including phenoxy) is 1. The van der Waals surface area contributed by atoms with E-state index in [4.69, 9.17) is 16.3 Å². The lowest BCUT2D eigenvalue weighted by atomic mass is 10.0. The van der Waals surface area contributed by atoms with Crippen molar-refractivity contribution in [3.8, 4) is 0 Å². The van der Waals surface area contributed by atoms with Gasteiger partial charge in [0, 0.05) is 31.2 Å². The number of aliphatic hydroxyl groups is 2. The fourth-order valence-electron chi connectivity index (χ4n) is 3.69. The van der Waals surface area contributed by atoms with Crippen LogP contribution in [0.3, 0.4) is 0 Å². The van der Waals surface area contributed by atoms with Gasteiger partial charge >= 0.3 is 0 Å². The van der Waals surface area contributed by atoms with Crippen molar-refractivity contribution >= 4 is 17.5 Å². The van der Waals surface area contributed by atoms with E-state index >= 15 is 0 Å². The Morgan fingerprint density at radius 3 is 2.71 bits per heavy atom. The molecule has 2 saturated heterocycles. The Morgan fingerprint density at radius 1 is 1.29 bits per heavy atom. The fraction of sp³-hybridized carbons (Fsp3) is 0.650. The first kappa shape index (κ1) is 21.5. The summed E-state index contributed by atoms with van der Waals surface area (Å²) in [5.74, 6) is -0.107. The third kappa shape index (κ3) is 5.89. The number of β-amino-alcohol motifs (C(OH)–C–C–N with tert-alkyl or cyclic N) is 2. The van der Waals surface area contributed by atoms with E-state index in [0.717, 1.165) is 51.4 Å². The molecule has 3 rings (SSSR count). The molecular weight excluding hydrogens is 382 g/mol. The lowest BCUT2D eigenvalue weighted by molar-refractivity contribution is -0.130. The number of nitrogens with one attached hydrogen (secondary N) is 1. The van der Waals surface area contributed by atoms with Crippen LogP contribution in [-0.4, -0.2) is 96.7 Å². The Labute approximate surface area is 171 Å². The normalized spacial score (nSPS) is 26.0. The van der Waals surface area contributed by atoms with Crippen molar-refractivity contribution in [3.05, 3.63) is 34.9 Å². The number of carbonyl (C=O) groups excluding carboxylic acids is 1. The first-order chi connectivity index (χ1) is 13.5. The van der Waals surface area contributed by atoms with Gasteiger partial charge in [-0.25, -0.2) is 0 Å². The van der Waals surface area contributed by atoms with E-state index in [1.807, 2.05) is 12.1 Å². The van der Waals surface area contributed by atoms with E-state index in [1.165, 1.54) is 4.90 Å². The molecule has 2 aliphatic heterocycles. The van der Waals surface area contributed by atoms with Crippen LogP contribution in [0, 0.1) is 0 Å². The monoisotopic (exact) mass is 411 g/mol. The molecule has 2 heterocycles. The second-order valence-electron chi connectivity index (χ2n) is 7.68. The zero-order valence-corrected chi connectivity index (χ0v) is 16.9. The van der Waals surface area contributed by atoms with Crippen LogP contribution in [-0.2, 0) is 16.0 Å². The van der Waals surface area contributed by atoms with E-state index in [0.29, 0.717) is 5.02 Å². The minimum Gasteiger partial charge on any atom is -0.388 e. The summed E-state index contributed by atoms with van der Waals surface area (Å²) in [6, 6.07) is 7.13. The quantitative estimate of drug-likeness (QED) is 0.527. The fourth-order valence-corrected chi connectivity index (χ4v) is 3.81. The molecule has 0 unspecified atom stereocenters. The predicted molar refractivity (Wildman–Crippen MR) is 107 cm³/mol. The summed E-state index contributed by atoms with van der Waals surface area (Å²) in [4.78, 5) is 16.4. The number of aliphatic hydroxyl groups excluding tert-OH is 1. The third-order valence-corrected chi connectivity index (χ3v) is 5.71. The molecule has 1 amide bonds. The predicted octanol–water partition coefficient (Wildman–Crippen LogP) is 0.129. The summed E-state index contributed by atoms with van der Waals surface area (Å²) >= 11 is 5.87. The maximum Gasteiger partial charge on any atom is 0.227 e. The molecule has 0 radical (unpaired) electrons. The average molecular weight is 412 g/mol. The van der Waals surface area contributed by atoms with Gasteiger partial charge in [0.05, 0.1) is 26.2 Å². The van der Waals surface area contributed by atoms with E-state index in [2.05, 4.69) is 10.2 Å². The Kier molecular flexibility index (Phi) is 7.68. The number of halogens is 1. The number of nitrogens with zero attached hydrogens (tertiary/aromatic N) is 2. The van der Waals surface area contributed by atoms with Crippen LogP contribution in [0.15, 0.2) is 24.3 Å². The van der Waals surface area contributed by atoms with Gasteiger partial charge in [0.15, 0.2) is 0 Å². The minimum atomic E-state index is -1.31. The van der Waals surface area contributed by atoms with Gasteiger partial charge in [0.2, 0.25) is 5.91 Å². The smallest absolute Gasteiger partial charge is 0.227 e. The summed E-state index contributed by atoms with van der Waals surface area (Å²) in [5.41, 5.74) is -0.449. The number of likely N-dealkylation sites (tertiary alicyclic amines) is 1. The van der Waals surface area contributed by atoms with Crippen LogP contribution in [0.2, 0.25) is 5.02 Å². The summed E-state index contributed by atoms with van der Waals surface area (Å²) in [6.45, 7) is 5.81. The van der Waals surface area contributed by atoms with Crippen molar-refractivity contribution in [2.45, 2.75) is 24.5 Å². The zero-order chi connectivity index (χ0) is 20.0. The molecule has 0 bridgehead atoms. The highest BCUT2D eigenvalue weighted by Crippen LogP contribution is 2.22. The van der Waals surface area contributed by atoms with Crippen molar-refractivity contribution in [3.63, 3.8) is 0 Å². The van der Waals surface area contributed by atoms with Gasteiger partial charge in [-0.15, -0.1) is 0 Å². The number of rotatable bonds is 8. The van der Waals surface area contributed by atoms with Gasteiger partial charge in [-0.05, 0) is 37.2 Å². The van der Waals surface area contributed by atoms with Crippen LogP contribution >= 0.6 is 11.6 Å². The highest BCUT2D eigenvalue weighted by molar-refractivity contribution is 6.30. The van der Waals surface area contributed by atoms with Crippen LogP contribution in [0.25, 0.3) is 0 Å². The Balaban J connectivity index is 1.39. The molecule has 0 aliphatic carbocycles. The molecule has 2 aliphatic rings. The standard InChI is InChI=1S/C20H30ClN3O4/c21-17-4-2-16(3-5-17)12-19(26)24-13-18(25)20(27,15-24)14-22-6-1-7-23-8-10-28-11-9-23/h2-5,18,22,25,27H,1,6-15H2/t18-,20+/m1/s1. The molecule has 0 aromatic heterocycles. The topological polar surface area (TPSA) is 85.3 Å². The van der Waals surface area contributed by atoms with Crippen molar-refractivity contribution in [1.29, 1.82) is 0 Å². The number of benzene rings is 1. The summed E-state index contributed by atoms with van der Waals surface area (Å²) in [6.07, 6.45) is 0.242.